The fraction of sp³-hybridized carbons (Fsp3) is 0.435. The summed E-state index contributed by atoms with van der Waals surface area (Å²) in [6.07, 6.45) is 4.44. The van der Waals surface area contributed by atoms with Gasteiger partial charge in [0.25, 0.3) is 0 Å². The molecule has 0 saturated heterocycles. The Bertz CT molecular complexity index is 1040. The summed E-state index contributed by atoms with van der Waals surface area (Å²) in [7, 11) is -3.59. The van der Waals surface area contributed by atoms with Gasteiger partial charge in [0.05, 0.1) is 17.1 Å². The number of nitrogens with zero attached hydrogens (tertiary/aromatic N) is 1. The van der Waals surface area contributed by atoms with Crippen molar-refractivity contribution < 1.29 is 18.0 Å². The Labute approximate surface area is 199 Å². The van der Waals surface area contributed by atoms with E-state index in [2.05, 4.69) is 20.3 Å². The first-order chi connectivity index (χ1) is 15.7. The van der Waals surface area contributed by atoms with Crippen molar-refractivity contribution in [1.29, 1.82) is 0 Å². The number of carbonyl (C=O) groups excluding carboxylic acids is 2. The number of sulfonamides is 1. The van der Waals surface area contributed by atoms with Crippen LogP contribution in [0.3, 0.4) is 0 Å². The molecular weight excluding hydrogens is 464 g/mol. The molecule has 1 fully saturated rings. The number of rotatable bonds is 9. The summed E-state index contributed by atoms with van der Waals surface area (Å²) in [5, 5.41) is 6.04. The van der Waals surface area contributed by atoms with Gasteiger partial charge in [0.15, 0.2) is 0 Å². The number of hydrogen-bond donors (Lipinski definition) is 3. The summed E-state index contributed by atoms with van der Waals surface area (Å²) in [4.78, 5) is 29.2. The Morgan fingerprint density at radius 3 is 2.42 bits per heavy atom. The molecule has 8 nitrogen and oxygen atoms in total. The molecule has 0 aliphatic heterocycles. The summed E-state index contributed by atoms with van der Waals surface area (Å²) in [5.41, 5.74) is 0.745. The fourth-order valence-corrected chi connectivity index (χ4v) is 5.03. The normalized spacial score (nSPS) is 19.5. The van der Waals surface area contributed by atoms with Gasteiger partial charge in [-0.05, 0) is 74.9 Å². The summed E-state index contributed by atoms with van der Waals surface area (Å²) in [6.45, 7) is 2.28. The van der Waals surface area contributed by atoms with E-state index in [0.717, 1.165) is 18.5 Å². The smallest absolute Gasteiger partial charge is 0.242 e. The number of halogens is 1. The molecule has 1 aliphatic rings. The maximum atomic E-state index is 12.6. The van der Waals surface area contributed by atoms with Gasteiger partial charge in [0.1, 0.15) is 6.04 Å². The topological polar surface area (TPSA) is 117 Å². The second-order valence-corrected chi connectivity index (χ2v) is 10.5. The van der Waals surface area contributed by atoms with E-state index in [0.29, 0.717) is 31.0 Å². The van der Waals surface area contributed by atoms with Crippen LogP contribution in [-0.2, 0) is 26.2 Å². The second-order valence-electron chi connectivity index (χ2n) is 8.29. The molecule has 1 unspecified atom stereocenters. The monoisotopic (exact) mass is 492 g/mol. The van der Waals surface area contributed by atoms with E-state index in [-0.39, 0.29) is 28.5 Å². The standard InChI is InChI=1S/C23H29ClN4O4S/c1-16(22(29)26-15-20-4-2-3-13-25-20)28-23(30)18-7-5-17(6-8-18)14-27-33(31,32)21-11-9-19(24)10-12-21/h2-4,9-13,16-18,27H,5-8,14-15H2,1H3,(H,26,29)(H,28,30). The quantitative estimate of drug-likeness (QED) is 0.497. The van der Waals surface area contributed by atoms with E-state index in [1.165, 1.54) is 12.1 Å². The highest BCUT2D eigenvalue weighted by molar-refractivity contribution is 7.89. The molecule has 2 amide bonds. The number of nitrogens with one attached hydrogen (secondary N) is 3. The fourth-order valence-electron chi connectivity index (χ4n) is 3.78. The van der Waals surface area contributed by atoms with Crippen molar-refractivity contribution in [2.75, 3.05) is 6.54 Å². The van der Waals surface area contributed by atoms with Crippen molar-refractivity contribution in [2.45, 2.75) is 50.1 Å². The highest BCUT2D eigenvalue weighted by Crippen LogP contribution is 2.29. The zero-order chi connectivity index (χ0) is 23.8. The maximum absolute atomic E-state index is 12.6. The molecule has 1 aliphatic carbocycles. The lowest BCUT2D eigenvalue weighted by molar-refractivity contribution is -0.131. The molecular formula is C23H29ClN4O4S. The third-order valence-electron chi connectivity index (χ3n) is 5.83. The second kappa shape index (κ2) is 11.6. The third-order valence-corrected chi connectivity index (χ3v) is 7.52. The number of pyridine rings is 1. The Hall–Kier alpha value is -2.49. The first kappa shape index (κ1) is 25.1. The average molecular weight is 493 g/mol. The molecule has 1 saturated carbocycles. The number of aromatic nitrogens is 1. The first-order valence-corrected chi connectivity index (χ1v) is 12.8. The SMILES string of the molecule is CC(NC(=O)C1CCC(CNS(=O)(=O)c2ccc(Cl)cc2)CC1)C(=O)NCc1ccccn1. The molecule has 33 heavy (non-hydrogen) atoms. The van der Waals surface area contributed by atoms with Gasteiger partial charge < -0.3 is 10.6 Å². The van der Waals surface area contributed by atoms with E-state index < -0.39 is 16.1 Å². The van der Waals surface area contributed by atoms with Crippen molar-refractivity contribution in [1.82, 2.24) is 20.3 Å². The molecule has 1 heterocycles. The van der Waals surface area contributed by atoms with Crippen LogP contribution in [0.1, 0.15) is 38.3 Å². The zero-order valence-corrected chi connectivity index (χ0v) is 20.0. The lowest BCUT2D eigenvalue weighted by Crippen LogP contribution is -2.47. The lowest BCUT2D eigenvalue weighted by atomic mass is 9.81. The van der Waals surface area contributed by atoms with Crippen LogP contribution in [-0.4, -0.2) is 37.8 Å². The minimum Gasteiger partial charge on any atom is -0.349 e. The number of carbonyl (C=O) groups is 2. The highest BCUT2D eigenvalue weighted by atomic mass is 35.5. The summed E-state index contributed by atoms with van der Waals surface area (Å²) in [6, 6.07) is 10.8. The highest BCUT2D eigenvalue weighted by Gasteiger charge is 2.29. The van der Waals surface area contributed by atoms with Crippen LogP contribution in [0.2, 0.25) is 5.02 Å². The Morgan fingerprint density at radius 2 is 1.79 bits per heavy atom. The molecule has 10 heteroatoms. The molecule has 3 N–H and O–H groups in total. The lowest BCUT2D eigenvalue weighted by Gasteiger charge is -2.28. The third kappa shape index (κ3) is 7.52. The van der Waals surface area contributed by atoms with Crippen LogP contribution in [0.4, 0.5) is 0 Å². The molecule has 0 spiro atoms. The molecule has 178 valence electrons. The van der Waals surface area contributed by atoms with Crippen LogP contribution in [0.5, 0.6) is 0 Å². The Balaban J connectivity index is 1.39. The van der Waals surface area contributed by atoms with E-state index >= 15 is 0 Å². The van der Waals surface area contributed by atoms with Crippen molar-refractivity contribution in [2.24, 2.45) is 11.8 Å². The maximum Gasteiger partial charge on any atom is 0.242 e. The van der Waals surface area contributed by atoms with Crippen molar-refractivity contribution in [3.05, 3.63) is 59.4 Å². The van der Waals surface area contributed by atoms with Crippen LogP contribution < -0.4 is 15.4 Å². The minimum absolute atomic E-state index is 0.143. The molecule has 1 atom stereocenters. The van der Waals surface area contributed by atoms with E-state index in [4.69, 9.17) is 11.6 Å². The number of hydrogen-bond acceptors (Lipinski definition) is 5. The molecule has 1 aromatic carbocycles. The van der Waals surface area contributed by atoms with E-state index in [1.54, 1.807) is 31.3 Å². The van der Waals surface area contributed by atoms with Crippen LogP contribution >= 0.6 is 11.6 Å². The van der Waals surface area contributed by atoms with Gasteiger partial charge in [0, 0.05) is 23.7 Å². The van der Waals surface area contributed by atoms with Crippen LogP contribution in [0, 0.1) is 11.8 Å². The van der Waals surface area contributed by atoms with E-state index in [1.807, 2.05) is 12.1 Å². The zero-order valence-electron chi connectivity index (χ0n) is 18.5. The number of amides is 2. The Kier molecular flexibility index (Phi) is 8.82. The predicted octanol–water partition coefficient (Wildman–Crippen LogP) is 2.64. The van der Waals surface area contributed by atoms with Crippen molar-refractivity contribution >= 4 is 33.4 Å². The van der Waals surface area contributed by atoms with Gasteiger partial charge >= 0.3 is 0 Å². The molecule has 0 bridgehead atoms. The van der Waals surface area contributed by atoms with Gasteiger partial charge in [-0.3, -0.25) is 14.6 Å². The molecule has 0 radical (unpaired) electrons. The van der Waals surface area contributed by atoms with Gasteiger partial charge in [-0.15, -0.1) is 0 Å². The van der Waals surface area contributed by atoms with Crippen LogP contribution in [0.15, 0.2) is 53.6 Å². The van der Waals surface area contributed by atoms with Gasteiger partial charge in [-0.2, -0.15) is 0 Å². The molecule has 3 rings (SSSR count). The minimum atomic E-state index is -3.59. The van der Waals surface area contributed by atoms with Crippen LogP contribution in [0.25, 0.3) is 0 Å². The van der Waals surface area contributed by atoms with Crippen molar-refractivity contribution in [3.63, 3.8) is 0 Å². The average Bonchev–Trinajstić information content (AvgIpc) is 2.82. The summed E-state index contributed by atoms with van der Waals surface area (Å²) >= 11 is 5.82. The van der Waals surface area contributed by atoms with Gasteiger partial charge in [-0.1, -0.05) is 17.7 Å². The molecule has 2 aromatic rings. The van der Waals surface area contributed by atoms with Gasteiger partial charge in [-0.25, -0.2) is 13.1 Å². The van der Waals surface area contributed by atoms with Crippen molar-refractivity contribution in [3.8, 4) is 0 Å². The summed E-state index contributed by atoms with van der Waals surface area (Å²) in [5.74, 6) is -0.426. The first-order valence-electron chi connectivity index (χ1n) is 11.0. The summed E-state index contributed by atoms with van der Waals surface area (Å²) < 4.78 is 27.5. The largest absolute Gasteiger partial charge is 0.349 e. The van der Waals surface area contributed by atoms with Gasteiger partial charge in [0.2, 0.25) is 21.8 Å². The number of benzene rings is 1. The van der Waals surface area contributed by atoms with E-state index in [9.17, 15) is 18.0 Å². The Morgan fingerprint density at radius 1 is 1.09 bits per heavy atom. The predicted molar refractivity (Wildman–Crippen MR) is 126 cm³/mol. The molecule has 1 aromatic heterocycles.